The van der Waals surface area contributed by atoms with Crippen molar-refractivity contribution in [3.63, 3.8) is 0 Å². The highest BCUT2D eigenvalue weighted by atomic mass is 35.5. The van der Waals surface area contributed by atoms with Crippen LogP contribution in [0.25, 0.3) is 0 Å². The predicted molar refractivity (Wildman–Crippen MR) is 95.2 cm³/mol. The average Bonchev–Trinajstić information content (AvgIpc) is 2.57. The number of carbonyl (C=O) groups is 1. The maximum absolute atomic E-state index is 12.1. The average molecular weight is 349 g/mol. The lowest BCUT2D eigenvalue weighted by Gasteiger charge is -2.24. The summed E-state index contributed by atoms with van der Waals surface area (Å²) in [6.07, 6.45) is 0. The molecule has 2 aromatic carbocycles. The third-order valence-corrected chi connectivity index (χ3v) is 4.00. The van der Waals surface area contributed by atoms with Gasteiger partial charge in [-0.15, -0.1) is 0 Å². The molecule has 0 saturated heterocycles. The second-order valence-electron chi connectivity index (χ2n) is 5.65. The van der Waals surface area contributed by atoms with Gasteiger partial charge in [0.2, 0.25) is 0 Å². The van der Waals surface area contributed by atoms with Crippen LogP contribution in [0.15, 0.2) is 48.5 Å². The molecule has 0 aromatic heterocycles. The summed E-state index contributed by atoms with van der Waals surface area (Å²) in [4.78, 5) is 12.1. The first-order valence-electron chi connectivity index (χ1n) is 7.53. The van der Waals surface area contributed by atoms with Gasteiger partial charge in [-0.2, -0.15) is 0 Å². The minimum Gasteiger partial charge on any atom is -0.384 e. The second-order valence-corrected chi connectivity index (χ2v) is 6.05. The van der Waals surface area contributed by atoms with E-state index in [1.165, 1.54) is 0 Å². The van der Waals surface area contributed by atoms with Gasteiger partial charge in [-0.1, -0.05) is 48.0 Å². The summed E-state index contributed by atoms with van der Waals surface area (Å²) in [5, 5.41) is 16.4. The number of ether oxygens (including phenoxy) is 1. The molecule has 2 aromatic rings. The van der Waals surface area contributed by atoms with Gasteiger partial charge in [-0.25, -0.2) is 4.79 Å². The van der Waals surface area contributed by atoms with Crippen LogP contribution in [0.4, 0.5) is 10.5 Å². The molecule has 128 valence electrons. The summed E-state index contributed by atoms with van der Waals surface area (Å²) in [6.45, 7) is 2.01. The van der Waals surface area contributed by atoms with E-state index >= 15 is 0 Å². The number of anilines is 1. The summed E-state index contributed by atoms with van der Waals surface area (Å²) in [7, 11) is 1.56. The number of aliphatic hydroxyl groups is 1. The number of methoxy groups -OCH3 is 1. The molecule has 0 aliphatic carbocycles. The number of amides is 2. The van der Waals surface area contributed by atoms with Gasteiger partial charge in [0, 0.05) is 23.4 Å². The van der Waals surface area contributed by atoms with Crippen LogP contribution in [0.1, 0.15) is 18.1 Å². The Balaban J connectivity index is 2.00. The minimum absolute atomic E-state index is 0.0724. The number of halogens is 1. The molecule has 0 radical (unpaired) electrons. The number of hydrogen-bond acceptors (Lipinski definition) is 3. The zero-order valence-corrected chi connectivity index (χ0v) is 14.4. The molecule has 2 amide bonds. The van der Waals surface area contributed by atoms with Crippen molar-refractivity contribution in [2.45, 2.75) is 19.1 Å². The topological polar surface area (TPSA) is 70.6 Å². The van der Waals surface area contributed by atoms with Gasteiger partial charge >= 0.3 is 6.03 Å². The van der Waals surface area contributed by atoms with Gasteiger partial charge < -0.3 is 20.5 Å². The van der Waals surface area contributed by atoms with Crippen molar-refractivity contribution in [2.75, 3.05) is 19.0 Å². The molecule has 0 bridgehead atoms. The summed E-state index contributed by atoms with van der Waals surface area (Å²) in [6, 6.07) is 14.0. The van der Waals surface area contributed by atoms with Crippen molar-refractivity contribution in [1.29, 1.82) is 0 Å². The molecular formula is C18H21ClN2O3. The molecular weight excluding hydrogens is 328 g/mol. The number of nitrogens with one attached hydrogen (secondary N) is 2. The van der Waals surface area contributed by atoms with E-state index in [0.717, 1.165) is 5.56 Å². The van der Waals surface area contributed by atoms with Crippen LogP contribution in [-0.2, 0) is 16.9 Å². The first-order valence-corrected chi connectivity index (χ1v) is 7.91. The minimum atomic E-state index is -1.16. The maximum atomic E-state index is 12.1. The largest absolute Gasteiger partial charge is 0.384 e. The monoisotopic (exact) mass is 348 g/mol. The molecule has 0 spiro atoms. The summed E-state index contributed by atoms with van der Waals surface area (Å²) in [5.41, 5.74) is 0.837. The molecule has 0 saturated carbocycles. The van der Waals surface area contributed by atoms with E-state index in [2.05, 4.69) is 10.6 Å². The normalized spacial score (nSPS) is 13.2. The van der Waals surface area contributed by atoms with Crippen LogP contribution in [-0.4, -0.2) is 24.8 Å². The maximum Gasteiger partial charge on any atom is 0.319 e. The van der Waals surface area contributed by atoms with Crippen molar-refractivity contribution in [3.05, 3.63) is 64.7 Å². The highest BCUT2D eigenvalue weighted by Crippen LogP contribution is 2.25. The molecule has 0 heterocycles. The zero-order valence-electron chi connectivity index (χ0n) is 13.7. The highest BCUT2D eigenvalue weighted by Gasteiger charge is 2.23. The molecule has 1 atom stereocenters. The molecule has 6 heteroatoms. The lowest BCUT2D eigenvalue weighted by molar-refractivity contribution is 0.0599. The van der Waals surface area contributed by atoms with Crippen molar-refractivity contribution in [3.8, 4) is 0 Å². The summed E-state index contributed by atoms with van der Waals surface area (Å²) in [5.74, 6) is 0. The Morgan fingerprint density at radius 1 is 1.21 bits per heavy atom. The Kier molecular flexibility index (Phi) is 6.20. The van der Waals surface area contributed by atoms with Crippen LogP contribution in [0, 0.1) is 0 Å². The smallest absolute Gasteiger partial charge is 0.319 e. The lowest BCUT2D eigenvalue weighted by Crippen LogP contribution is -2.40. The van der Waals surface area contributed by atoms with Crippen LogP contribution in [0.3, 0.4) is 0 Å². The van der Waals surface area contributed by atoms with Gasteiger partial charge in [0.25, 0.3) is 0 Å². The van der Waals surface area contributed by atoms with Crippen molar-refractivity contribution in [1.82, 2.24) is 5.32 Å². The Bertz CT molecular complexity index is 690. The highest BCUT2D eigenvalue weighted by molar-refractivity contribution is 6.31. The van der Waals surface area contributed by atoms with Crippen LogP contribution in [0.2, 0.25) is 5.02 Å². The number of carbonyl (C=O) groups excluding carboxylic acids is 1. The van der Waals surface area contributed by atoms with Gasteiger partial charge in [0.15, 0.2) is 0 Å². The number of benzene rings is 2. The quantitative estimate of drug-likeness (QED) is 0.748. The van der Waals surface area contributed by atoms with E-state index in [1.54, 1.807) is 32.2 Å². The molecule has 1 unspecified atom stereocenters. The summed E-state index contributed by atoms with van der Waals surface area (Å²) >= 11 is 6.13. The summed E-state index contributed by atoms with van der Waals surface area (Å²) < 4.78 is 5.11. The van der Waals surface area contributed by atoms with Crippen LogP contribution in [0.5, 0.6) is 0 Å². The van der Waals surface area contributed by atoms with E-state index in [1.807, 2.05) is 30.3 Å². The molecule has 0 aliphatic heterocycles. The van der Waals surface area contributed by atoms with E-state index in [0.29, 0.717) is 16.3 Å². The van der Waals surface area contributed by atoms with Crippen molar-refractivity contribution >= 4 is 23.3 Å². The Labute approximate surface area is 146 Å². The predicted octanol–water partition coefficient (Wildman–Crippen LogP) is 3.52. The standard InChI is InChI=1S/C18H21ClN2O3/c1-18(23,13-7-4-3-5-8-13)12-20-17(22)21-16-10-6-9-15(19)14(16)11-24-2/h3-10,23H,11-12H2,1-2H3,(H2,20,21,22). The van der Waals surface area contributed by atoms with Gasteiger partial charge in [0.05, 0.1) is 13.2 Å². The van der Waals surface area contributed by atoms with Crippen LogP contribution < -0.4 is 10.6 Å². The van der Waals surface area contributed by atoms with E-state index < -0.39 is 11.6 Å². The Hall–Kier alpha value is -2.08. The molecule has 3 N–H and O–H groups in total. The molecule has 2 rings (SSSR count). The fourth-order valence-corrected chi connectivity index (χ4v) is 2.51. The Morgan fingerprint density at radius 3 is 2.58 bits per heavy atom. The number of urea groups is 1. The molecule has 24 heavy (non-hydrogen) atoms. The van der Waals surface area contributed by atoms with Gasteiger partial charge in [0.1, 0.15) is 5.60 Å². The van der Waals surface area contributed by atoms with E-state index in [4.69, 9.17) is 16.3 Å². The van der Waals surface area contributed by atoms with E-state index in [9.17, 15) is 9.90 Å². The second kappa shape index (κ2) is 8.15. The van der Waals surface area contributed by atoms with Crippen molar-refractivity contribution in [2.24, 2.45) is 0 Å². The molecule has 0 fully saturated rings. The van der Waals surface area contributed by atoms with Gasteiger partial charge in [-0.05, 0) is 24.6 Å². The Morgan fingerprint density at radius 2 is 1.92 bits per heavy atom. The SMILES string of the molecule is COCc1c(Cl)cccc1NC(=O)NCC(C)(O)c1ccccc1. The first-order chi connectivity index (χ1) is 11.4. The number of rotatable bonds is 6. The fraction of sp³-hybridized carbons (Fsp3) is 0.278. The lowest BCUT2D eigenvalue weighted by atomic mass is 9.96. The molecule has 5 nitrogen and oxygen atoms in total. The number of hydrogen-bond donors (Lipinski definition) is 3. The first kappa shape index (κ1) is 18.3. The van der Waals surface area contributed by atoms with Crippen LogP contribution >= 0.6 is 11.6 Å². The zero-order chi connectivity index (χ0) is 17.6. The fourth-order valence-electron chi connectivity index (χ4n) is 2.28. The van der Waals surface area contributed by atoms with E-state index in [-0.39, 0.29) is 13.2 Å². The van der Waals surface area contributed by atoms with Gasteiger partial charge in [-0.3, -0.25) is 0 Å². The molecule has 0 aliphatic rings. The third kappa shape index (κ3) is 4.71. The third-order valence-electron chi connectivity index (χ3n) is 3.64. The van der Waals surface area contributed by atoms with Crippen molar-refractivity contribution < 1.29 is 14.6 Å².